The van der Waals surface area contributed by atoms with Crippen molar-refractivity contribution in [2.45, 2.75) is 19.8 Å². The van der Waals surface area contributed by atoms with E-state index in [1.165, 1.54) is 5.56 Å². The first-order valence-electron chi connectivity index (χ1n) is 5.10. The number of ether oxygens (including phenoxy) is 1. The molecule has 0 spiro atoms. The van der Waals surface area contributed by atoms with Gasteiger partial charge in [0.15, 0.2) is 0 Å². The van der Waals surface area contributed by atoms with Crippen molar-refractivity contribution in [3.8, 4) is 5.75 Å². The zero-order chi connectivity index (χ0) is 11.4. The number of nitrogens with zero attached hydrogens (tertiary/aromatic N) is 1. The highest BCUT2D eigenvalue weighted by molar-refractivity contribution is 5.59. The molecule has 0 amide bonds. The second kappa shape index (κ2) is 5.03. The Kier molecular flexibility index (Phi) is 3.97. The molecule has 3 heteroatoms. The Bertz CT molecular complexity index is 323. The third-order valence-corrected chi connectivity index (χ3v) is 2.49. The van der Waals surface area contributed by atoms with Crippen molar-refractivity contribution >= 4 is 5.69 Å². The molecule has 1 N–H and O–H groups in total. The van der Waals surface area contributed by atoms with Gasteiger partial charge in [0.1, 0.15) is 12.5 Å². The number of benzene rings is 1. The van der Waals surface area contributed by atoms with Gasteiger partial charge in [-0.2, -0.15) is 0 Å². The summed E-state index contributed by atoms with van der Waals surface area (Å²) in [5, 5.41) is 9.06. The van der Waals surface area contributed by atoms with E-state index in [0.29, 0.717) is 5.92 Å². The first kappa shape index (κ1) is 11.9. The summed E-state index contributed by atoms with van der Waals surface area (Å²) < 4.78 is 5.31. The van der Waals surface area contributed by atoms with Crippen LogP contribution in [0, 0.1) is 0 Å². The number of aliphatic hydroxyl groups is 1. The van der Waals surface area contributed by atoms with Crippen molar-refractivity contribution in [2.24, 2.45) is 0 Å². The first-order valence-corrected chi connectivity index (χ1v) is 5.10. The smallest absolute Gasteiger partial charge is 0.142 e. The number of aliphatic hydroxyl groups excluding tert-OH is 1. The van der Waals surface area contributed by atoms with Gasteiger partial charge in [-0.3, -0.25) is 0 Å². The van der Waals surface area contributed by atoms with E-state index in [0.717, 1.165) is 11.4 Å². The number of anilines is 1. The fourth-order valence-electron chi connectivity index (χ4n) is 1.44. The standard InChI is InChI=1S/C12H19NO2/c1-9(2)10-5-6-11(13(3)8-14)12(7-10)15-4/h5-7,9,14H,8H2,1-4H3. The van der Waals surface area contributed by atoms with Gasteiger partial charge in [-0.1, -0.05) is 19.9 Å². The second-order valence-corrected chi connectivity index (χ2v) is 3.93. The van der Waals surface area contributed by atoms with Gasteiger partial charge in [-0.15, -0.1) is 0 Å². The summed E-state index contributed by atoms with van der Waals surface area (Å²) in [5.74, 6) is 1.28. The van der Waals surface area contributed by atoms with E-state index in [2.05, 4.69) is 19.9 Å². The third-order valence-electron chi connectivity index (χ3n) is 2.49. The molecule has 1 aromatic carbocycles. The van der Waals surface area contributed by atoms with E-state index in [9.17, 15) is 0 Å². The van der Waals surface area contributed by atoms with Crippen molar-refractivity contribution in [2.75, 3.05) is 25.8 Å². The lowest BCUT2D eigenvalue weighted by atomic mass is 10.0. The monoisotopic (exact) mass is 209 g/mol. The van der Waals surface area contributed by atoms with E-state index in [1.54, 1.807) is 12.0 Å². The third kappa shape index (κ3) is 2.63. The molecule has 0 saturated carbocycles. The molecule has 3 nitrogen and oxygen atoms in total. The molecule has 0 saturated heterocycles. The Morgan fingerprint density at radius 2 is 2.07 bits per heavy atom. The fraction of sp³-hybridized carbons (Fsp3) is 0.500. The fourth-order valence-corrected chi connectivity index (χ4v) is 1.44. The van der Waals surface area contributed by atoms with E-state index < -0.39 is 0 Å². The van der Waals surface area contributed by atoms with Crippen LogP contribution in [-0.2, 0) is 0 Å². The lowest BCUT2D eigenvalue weighted by Gasteiger charge is -2.20. The summed E-state index contributed by atoms with van der Waals surface area (Å²) in [5.41, 5.74) is 2.14. The summed E-state index contributed by atoms with van der Waals surface area (Å²) in [4.78, 5) is 1.74. The summed E-state index contributed by atoms with van der Waals surface area (Å²) in [7, 11) is 3.47. The highest BCUT2D eigenvalue weighted by Crippen LogP contribution is 2.30. The van der Waals surface area contributed by atoms with Crippen LogP contribution in [0.3, 0.4) is 0 Å². The zero-order valence-electron chi connectivity index (χ0n) is 9.82. The minimum atomic E-state index is -0.0165. The number of hydrogen-bond donors (Lipinski definition) is 1. The molecule has 0 unspecified atom stereocenters. The maximum Gasteiger partial charge on any atom is 0.142 e. The molecule has 0 atom stereocenters. The largest absolute Gasteiger partial charge is 0.495 e. The van der Waals surface area contributed by atoms with Crippen molar-refractivity contribution in [1.82, 2.24) is 0 Å². The van der Waals surface area contributed by atoms with Gasteiger partial charge in [-0.25, -0.2) is 0 Å². The molecular formula is C12H19NO2. The predicted molar refractivity (Wildman–Crippen MR) is 62.6 cm³/mol. The normalized spacial score (nSPS) is 10.5. The van der Waals surface area contributed by atoms with Crippen LogP contribution in [0.4, 0.5) is 5.69 Å². The molecule has 0 aliphatic heterocycles. The van der Waals surface area contributed by atoms with E-state index >= 15 is 0 Å². The molecule has 0 radical (unpaired) electrons. The lowest BCUT2D eigenvalue weighted by Crippen LogP contribution is -2.18. The maximum atomic E-state index is 9.06. The molecule has 84 valence electrons. The molecule has 1 aromatic rings. The van der Waals surface area contributed by atoms with Gasteiger partial charge in [-0.05, 0) is 23.6 Å². The second-order valence-electron chi connectivity index (χ2n) is 3.93. The summed E-state index contributed by atoms with van der Waals surface area (Å²) >= 11 is 0. The van der Waals surface area contributed by atoms with Crippen molar-refractivity contribution in [1.29, 1.82) is 0 Å². The van der Waals surface area contributed by atoms with Crippen LogP contribution in [0.25, 0.3) is 0 Å². The molecular weight excluding hydrogens is 190 g/mol. The van der Waals surface area contributed by atoms with Crippen LogP contribution in [-0.4, -0.2) is 26.0 Å². The maximum absolute atomic E-state index is 9.06. The van der Waals surface area contributed by atoms with Crippen LogP contribution in [0.1, 0.15) is 25.3 Å². The number of hydrogen-bond acceptors (Lipinski definition) is 3. The Morgan fingerprint density at radius 3 is 2.53 bits per heavy atom. The highest BCUT2D eigenvalue weighted by atomic mass is 16.5. The molecule has 15 heavy (non-hydrogen) atoms. The van der Waals surface area contributed by atoms with Crippen LogP contribution < -0.4 is 9.64 Å². The van der Waals surface area contributed by atoms with Crippen LogP contribution in [0.5, 0.6) is 5.75 Å². The molecule has 0 heterocycles. The molecule has 0 aliphatic rings. The van der Waals surface area contributed by atoms with Crippen molar-refractivity contribution < 1.29 is 9.84 Å². The van der Waals surface area contributed by atoms with E-state index in [-0.39, 0.29) is 6.73 Å². The zero-order valence-corrected chi connectivity index (χ0v) is 9.82. The van der Waals surface area contributed by atoms with Crippen LogP contribution in [0.15, 0.2) is 18.2 Å². The molecule has 0 bridgehead atoms. The minimum absolute atomic E-state index is 0.0165. The predicted octanol–water partition coefficient (Wildman–Crippen LogP) is 2.20. The minimum Gasteiger partial charge on any atom is -0.495 e. The topological polar surface area (TPSA) is 32.7 Å². The van der Waals surface area contributed by atoms with Crippen LogP contribution >= 0.6 is 0 Å². The van der Waals surface area contributed by atoms with Gasteiger partial charge in [0.2, 0.25) is 0 Å². The van der Waals surface area contributed by atoms with Gasteiger partial charge in [0.25, 0.3) is 0 Å². The summed E-state index contributed by atoms with van der Waals surface area (Å²) in [6.07, 6.45) is 0. The molecule has 1 rings (SSSR count). The van der Waals surface area contributed by atoms with Crippen molar-refractivity contribution in [3.63, 3.8) is 0 Å². The van der Waals surface area contributed by atoms with Gasteiger partial charge < -0.3 is 14.7 Å². The van der Waals surface area contributed by atoms with Crippen molar-refractivity contribution in [3.05, 3.63) is 23.8 Å². The molecule has 0 aromatic heterocycles. The van der Waals surface area contributed by atoms with Gasteiger partial charge >= 0.3 is 0 Å². The lowest BCUT2D eigenvalue weighted by molar-refractivity contribution is 0.296. The van der Waals surface area contributed by atoms with Gasteiger partial charge in [0.05, 0.1) is 12.8 Å². The molecule has 0 fully saturated rings. The average Bonchev–Trinajstić information content (AvgIpc) is 2.27. The van der Waals surface area contributed by atoms with E-state index in [1.807, 2.05) is 19.2 Å². The number of rotatable bonds is 4. The highest BCUT2D eigenvalue weighted by Gasteiger charge is 2.09. The number of methoxy groups -OCH3 is 1. The average molecular weight is 209 g/mol. The summed E-state index contributed by atoms with van der Waals surface area (Å²) in [6.45, 7) is 4.27. The molecule has 0 aliphatic carbocycles. The Labute approximate surface area is 91.3 Å². The first-order chi connectivity index (χ1) is 7.10. The van der Waals surface area contributed by atoms with E-state index in [4.69, 9.17) is 9.84 Å². The Hall–Kier alpha value is -1.22. The van der Waals surface area contributed by atoms with Gasteiger partial charge in [0, 0.05) is 7.05 Å². The quantitative estimate of drug-likeness (QED) is 0.772. The SMILES string of the molecule is COc1cc(C(C)C)ccc1N(C)CO. The Balaban J connectivity index is 3.09. The Morgan fingerprint density at radius 1 is 1.40 bits per heavy atom. The summed E-state index contributed by atoms with van der Waals surface area (Å²) in [6, 6.07) is 6.06. The van der Waals surface area contributed by atoms with Crippen LogP contribution in [0.2, 0.25) is 0 Å².